The summed E-state index contributed by atoms with van der Waals surface area (Å²) in [6.07, 6.45) is -1.30. The first kappa shape index (κ1) is 18.5. The van der Waals surface area contributed by atoms with Gasteiger partial charge in [-0.1, -0.05) is 12.8 Å². The van der Waals surface area contributed by atoms with Gasteiger partial charge in [-0.15, -0.1) is 0 Å². The minimum atomic E-state index is -4.24. The molecule has 0 rings (SSSR count). The summed E-state index contributed by atoms with van der Waals surface area (Å²) in [6.45, 7) is -1.21. The number of carbonyl (C=O) groups excluding carboxylic acids is 1. The van der Waals surface area contributed by atoms with Crippen molar-refractivity contribution in [3.63, 3.8) is 0 Å². The van der Waals surface area contributed by atoms with E-state index in [0.717, 1.165) is 0 Å². The molecule has 0 unspecified atom stereocenters. The van der Waals surface area contributed by atoms with E-state index in [1.54, 1.807) is 5.32 Å². The van der Waals surface area contributed by atoms with E-state index in [-0.39, 0.29) is 13.0 Å². The first-order valence-electron chi connectivity index (χ1n) is 6.15. The van der Waals surface area contributed by atoms with Crippen LogP contribution in [0.1, 0.15) is 32.1 Å². The Labute approximate surface area is 113 Å². The number of unbranched alkanes of at least 4 members (excludes halogenated alkanes) is 3. The van der Waals surface area contributed by atoms with Crippen LogP contribution in [0.5, 0.6) is 0 Å². The number of carboxylic acids is 1. The Morgan fingerprint density at radius 3 is 2.20 bits per heavy atom. The smallest absolute Gasteiger partial charge is 0.324 e. The summed E-state index contributed by atoms with van der Waals surface area (Å²) in [6, 6.07) is -0.934. The average Bonchev–Trinajstić information content (AvgIpc) is 2.34. The number of hydrogen-bond donors (Lipinski definition) is 3. The van der Waals surface area contributed by atoms with Crippen molar-refractivity contribution in [1.82, 2.24) is 10.6 Å². The van der Waals surface area contributed by atoms with Crippen molar-refractivity contribution in [3.05, 3.63) is 0 Å². The molecule has 0 saturated carbocycles. The van der Waals surface area contributed by atoms with Gasteiger partial charge in [-0.3, -0.25) is 4.79 Å². The molecule has 0 saturated heterocycles. The van der Waals surface area contributed by atoms with E-state index in [4.69, 9.17) is 5.11 Å². The molecule has 0 aliphatic carbocycles. The van der Waals surface area contributed by atoms with E-state index in [9.17, 15) is 27.2 Å². The number of alkyl halides is 4. The lowest BCUT2D eigenvalue weighted by atomic mass is 10.1. The Hall–Kier alpha value is -1.54. The van der Waals surface area contributed by atoms with Crippen LogP contribution in [-0.2, 0) is 4.79 Å². The van der Waals surface area contributed by atoms with Crippen LogP contribution < -0.4 is 10.6 Å². The summed E-state index contributed by atoms with van der Waals surface area (Å²) >= 11 is 0. The van der Waals surface area contributed by atoms with Gasteiger partial charge in [0.05, 0.1) is 6.54 Å². The standard InChI is InChI=1S/C11H18F4N2O3/c12-9(13)11(14,15)7-17-10(20)16-6-4-2-1-3-5-8(18)19/h9H,1-7H2,(H,18,19)(H2,16,17,20). The van der Waals surface area contributed by atoms with E-state index >= 15 is 0 Å². The third-order valence-corrected chi connectivity index (χ3v) is 2.41. The van der Waals surface area contributed by atoms with Gasteiger partial charge in [-0.2, -0.15) is 8.78 Å². The molecule has 20 heavy (non-hydrogen) atoms. The quantitative estimate of drug-likeness (QED) is 0.428. The van der Waals surface area contributed by atoms with Crippen molar-refractivity contribution >= 4 is 12.0 Å². The van der Waals surface area contributed by atoms with Crippen LogP contribution in [-0.4, -0.2) is 42.5 Å². The van der Waals surface area contributed by atoms with Gasteiger partial charge in [0.1, 0.15) is 0 Å². The van der Waals surface area contributed by atoms with Crippen molar-refractivity contribution in [2.75, 3.05) is 13.1 Å². The number of rotatable bonds is 10. The minimum absolute atomic E-state index is 0.0800. The van der Waals surface area contributed by atoms with E-state index in [1.165, 1.54) is 0 Å². The lowest BCUT2D eigenvalue weighted by Gasteiger charge is -2.16. The molecule has 0 heterocycles. The van der Waals surface area contributed by atoms with Crippen LogP contribution in [0, 0.1) is 0 Å². The van der Waals surface area contributed by atoms with Gasteiger partial charge in [-0.25, -0.2) is 13.6 Å². The molecule has 0 radical (unpaired) electrons. The maximum absolute atomic E-state index is 12.5. The molecular weight excluding hydrogens is 284 g/mol. The fourth-order valence-electron chi connectivity index (χ4n) is 1.29. The van der Waals surface area contributed by atoms with E-state index in [0.29, 0.717) is 25.7 Å². The van der Waals surface area contributed by atoms with Crippen molar-refractivity contribution < 1.29 is 32.3 Å². The molecule has 0 aromatic heterocycles. The van der Waals surface area contributed by atoms with E-state index < -0.39 is 30.9 Å². The summed E-state index contributed by atoms with van der Waals surface area (Å²) in [5.74, 6) is -5.11. The first-order valence-corrected chi connectivity index (χ1v) is 6.15. The highest BCUT2D eigenvalue weighted by atomic mass is 19.3. The second kappa shape index (κ2) is 9.38. The Bertz CT molecular complexity index is 314. The maximum atomic E-state index is 12.5. The molecule has 0 bridgehead atoms. The van der Waals surface area contributed by atoms with Crippen LogP contribution in [0.4, 0.5) is 22.4 Å². The van der Waals surface area contributed by atoms with Gasteiger partial charge in [0.2, 0.25) is 0 Å². The normalized spacial score (nSPS) is 11.4. The summed E-state index contributed by atoms with van der Waals surface area (Å²) < 4.78 is 48.5. The topological polar surface area (TPSA) is 78.4 Å². The van der Waals surface area contributed by atoms with Crippen LogP contribution in [0.15, 0.2) is 0 Å². The largest absolute Gasteiger partial charge is 0.481 e. The lowest BCUT2D eigenvalue weighted by molar-refractivity contribution is -0.137. The third-order valence-electron chi connectivity index (χ3n) is 2.41. The highest BCUT2D eigenvalue weighted by Gasteiger charge is 2.40. The monoisotopic (exact) mass is 302 g/mol. The molecular formula is C11H18F4N2O3. The van der Waals surface area contributed by atoms with Gasteiger partial charge in [0.25, 0.3) is 0 Å². The highest BCUT2D eigenvalue weighted by molar-refractivity contribution is 5.73. The molecule has 0 aliphatic heterocycles. The number of urea groups is 1. The zero-order valence-electron chi connectivity index (χ0n) is 10.8. The number of halogens is 4. The number of aliphatic carboxylic acids is 1. The molecule has 9 heteroatoms. The minimum Gasteiger partial charge on any atom is -0.481 e. The number of carboxylic acid groups (broad SMARTS) is 1. The molecule has 0 fully saturated rings. The second-order valence-electron chi connectivity index (χ2n) is 4.23. The summed E-state index contributed by atoms with van der Waals surface area (Å²) in [4.78, 5) is 21.2. The lowest BCUT2D eigenvalue weighted by Crippen LogP contribution is -2.45. The highest BCUT2D eigenvalue weighted by Crippen LogP contribution is 2.21. The second-order valence-corrected chi connectivity index (χ2v) is 4.23. The summed E-state index contributed by atoms with van der Waals surface area (Å²) in [7, 11) is 0. The maximum Gasteiger partial charge on any atom is 0.324 e. The van der Waals surface area contributed by atoms with Gasteiger partial charge in [0, 0.05) is 13.0 Å². The van der Waals surface area contributed by atoms with Gasteiger partial charge < -0.3 is 15.7 Å². The number of amides is 2. The van der Waals surface area contributed by atoms with Crippen LogP contribution in [0.25, 0.3) is 0 Å². The fraction of sp³-hybridized carbons (Fsp3) is 0.818. The fourth-order valence-corrected chi connectivity index (χ4v) is 1.29. The average molecular weight is 302 g/mol. The summed E-state index contributed by atoms with van der Waals surface area (Å²) in [5, 5.41) is 12.3. The van der Waals surface area contributed by atoms with Crippen LogP contribution in [0.2, 0.25) is 0 Å². The molecule has 0 aromatic rings. The van der Waals surface area contributed by atoms with Gasteiger partial charge in [-0.05, 0) is 12.8 Å². The molecule has 118 valence electrons. The zero-order chi connectivity index (χ0) is 15.6. The molecule has 0 spiro atoms. The van der Waals surface area contributed by atoms with Crippen LogP contribution >= 0.6 is 0 Å². The number of nitrogens with one attached hydrogen (secondary N) is 2. The predicted octanol–water partition coefficient (Wildman–Crippen LogP) is 2.22. The van der Waals surface area contributed by atoms with Gasteiger partial charge in [0.15, 0.2) is 0 Å². The Balaban J connectivity index is 3.53. The molecule has 0 atom stereocenters. The van der Waals surface area contributed by atoms with Crippen molar-refractivity contribution in [3.8, 4) is 0 Å². The molecule has 3 N–H and O–H groups in total. The van der Waals surface area contributed by atoms with E-state index in [1.807, 2.05) is 0 Å². The van der Waals surface area contributed by atoms with Gasteiger partial charge >= 0.3 is 24.3 Å². The van der Waals surface area contributed by atoms with Crippen LogP contribution in [0.3, 0.4) is 0 Å². The molecule has 0 aromatic carbocycles. The van der Waals surface area contributed by atoms with Crippen molar-refractivity contribution in [1.29, 1.82) is 0 Å². The Morgan fingerprint density at radius 1 is 1.05 bits per heavy atom. The summed E-state index contributed by atoms with van der Waals surface area (Å²) in [5.41, 5.74) is 0. The zero-order valence-corrected chi connectivity index (χ0v) is 10.8. The predicted molar refractivity (Wildman–Crippen MR) is 63.1 cm³/mol. The van der Waals surface area contributed by atoms with E-state index in [2.05, 4.69) is 5.32 Å². The van der Waals surface area contributed by atoms with Crippen molar-refractivity contribution in [2.45, 2.75) is 44.5 Å². The molecule has 2 amide bonds. The Kier molecular flexibility index (Phi) is 8.66. The third kappa shape index (κ3) is 9.40. The Morgan fingerprint density at radius 2 is 1.65 bits per heavy atom. The first-order chi connectivity index (χ1) is 9.25. The molecule has 5 nitrogen and oxygen atoms in total. The number of hydrogen-bond acceptors (Lipinski definition) is 2. The number of carbonyl (C=O) groups is 2. The SMILES string of the molecule is O=C(O)CCCCCCNC(=O)NCC(F)(F)C(F)F. The van der Waals surface area contributed by atoms with Crippen molar-refractivity contribution in [2.24, 2.45) is 0 Å². The molecule has 0 aliphatic rings.